The van der Waals surface area contributed by atoms with Crippen molar-refractivity contribution in [1.82, 2.24) is 25.2 Å². The van der Waals surface area contributed by atoms with Crippen LogP contribution >= 0.6 is 0 Å². The van der Waals surface area contributed by atoms with Gasteiger partial charge in [-0.25, -0.2) is 4.39 Å². The summed E-state index contributed by atoms with van der Waals surface area (Å²) < 4.78 is 56.3. The number of rotatable bonds is 9. The zero-order valence-electron chi connectivity index (χ0n) is 17.1. The van der Waals surface area contributed by atoms with Crippen LogP contribution in [-0.2, 0) is 24.2 Å². The number of hydrogen-bond acceptors (Lipinski definition) is 6. The molecule has 0 aliphatic rings. The van der Waals surface area contributed by atoms with E-state index in [-0.39, 0.29) is 11.4 Å². The van der Waals surface area contributed by atoms with Crippen LogP contribution in [0.5, 0.6) is 5.75 Å². The Morgan fingerprint density at radius 3 is 2.59 bits per heavy atom. The van der Waals surface area contributed by atoms with Gasteiger partial charge in [-0.2, -0.15) is 5.10 Å². The average Bonchev–Trinajstić information content (AvgIpc) is 3.13. The van der Waals surface area contributed by atoms with Crippen LogP contribution < -0.4 is 10.1 Å². The molecule has 12 heteroatoms. The number of carbonyl (C=O) groups is 1. The average molecular weight is 452 g/mol. The van der Waals surface area contributed by atoms with E-state index in [4.69, 9.17) is 0 Å². The van der Waals surface area contributed by atoms with E-state index in [1.807, 2.05) is 13.1 Å². The topological polar surface area (TPSA) is 94.8 Å². The lowest BCUT2D eigenvalue weighted by molar-refractivity contribution is -0.274. The minimum atomic E-state index is -4.91. The highest BCUT2D eigenvalue weighted by Gasteiger charge is 2.31. The second kappa shape index (κ2) is 10.2. The molecule has 3 aromatic rings. The fraction of sp³-hybridized carbons (Fsp3) is 0.350. The summed E-state index contributed by atoms with van der Waals surface area (Å²) in [5.41, 5.74) is 1.36. The van der Waals surface area contributed by atoms with Crippen molar-refractivity contribution in [2.75, 3.05) is 5.32 Å². The van der Waals surface area contributed by atoms with Gasteiger partial charge in [0.2, 0.25) is 5.91 Å². The molecule has 2 aromatic heterocycles. The smallest absolute Gasteiger partial charge is 0.406 e. The Morgan fingerprint density at radius 1 is 1.12 bits per heavy atom. The fourth-order valence-electron chi connectivity index (χ4n) is 2.89. The van der Waals surface area contributed by atoms with Crippen LogP contribution in [0.2, 0.25) is 0 Å². The van der Waals surface area contributed by atoms with Gasteiger partial charge in [0.25, 0.3) is 0 Å². The van der Waals surface area contributed by atoms with Gasteiger partial charge >= 0.3 is 6.36 Å². The molecule has 3 rings (SSSR count). The molecule has 2 heterocycles. The lowest BCUT2D eigenvalue weighted by Crippen LogP contribution is -2.18. The van der Waals surface area contributed by atoms with Crippen LogP contribution in [0.25, 0.3) is 0 Å². The van der Waals surface area contributed by atoms with Gasteiger partial charge in [-0.15, -0.1) is 23.4 Å². The number of hydrogen-bond donors (Lipinski definition) is 1. The Balaban J connectivity index is 1.47. The third kappa shape index (κ3) is 7.29. The molecule has 0 saturated heterocycles. The van der Waals surface area contributed by atoms with Gasteiger partial charge in [-0.1, -0.05) is 5.21 Å². The summed E-state index contributed by atoms with van der Waals surface area (Å²) in [5, 5.41) is 18.3. The van der Waals surface area contributed by atoms with E-state index >= 15 is 0 Å². The third-order valence-electron chi connectivity index (χ3n) is 4.31. The normalized spacial score (nSPS) is 11.4. The second-order valence-corrected chi connectivity index (χ2v) is 7.02. The molecule has 32 heavy (non-hydrogen) atoms. The van der Waals surface area contributed by atoms with Crippen molar-refractivity contribution in [3.63, 3.8) is 0 Å². The maximum atomic E-state index is 13.9. The van der Waals surface area contributed by atoms with Crippen LogP contribution in [0.3, 0.4) is 0 Å². The molecule has 0 aliphatic heterocycles. The number of amides is 1. The summed E-state index contributed by atoms with van der Waals surface area (Å²) in [6, 6.07) is 5.74. The first kappa shape index (κ1) is 23.1. The van der Waals surface area contributed by atoms with E-state index in [0.29, 0.717) is 6.42 Å². The van der Waals surface area contributed by atoms with Gasteiger partial charge in [0.05, 0.1) is 17.8 Å². The van der Waals surface area contributed by atoms with Gasteiger partial charge in [0, 0.05) is 18.3 Å². The second-order valence-electron chi connectivity index (χ2n) is 7.02. The van der Waals surface area contributed by atoms with Crippen molar-refractivity contribution in [2.45, 2.75) is 45.5 Å². The van der Waals surface area contributed by atoms with E-state index in [2.05, 4.69) is 30.6 Å². The van der Waals surface area contributed by atoms with E-state index in [9.17, 15) is 22.4 Å². The van der Waals surface area contributed by atoms with E-state index in [0.717, 1.165) is 49.0 Å². The molecule has 170 valence electrons. The Morgan fingerprint density at radius 2 is 1.94 bits per heavy atom. The SMILES string of the molecule is Cc1cn(CCCCc2ccc(NC(=O)Cc3cc(OC(F)(F)F)ccc3F)nn2)nn1. The predicted octanol–water partition coefficient (Wildman–Crippen LogP) is 3.62. The highest BCUT2D eigenvalue weighted by atomic mass is 19.4. The Bertz CT molecular complexity index is 1050. The van der Waals surface area contributed by atoms with Crippen LogP contribution in [0.4, 0.5) is 23.4 Å². The van der Waals surface area contributed by atoms with Gasteiger partial charge in [0.15, 0.2) is 5.82 Å². The van der Waals surface area contributed by atoms with Crippen LogP contribution in [0, 0.1) is 12.7 Å². The van der Waals surface area contributed by atoms with Gasteiger partial charge < -0.3 is 10.1 Å². The molecule has 8 nitrogen and oxygen atoms in total. The molecule has 1 N–H and O–H groups in total. The monoisotopic (exact) mass is 452 g/mol. The molecule has 0 spiro atoms. The van der Waals surface area contributed by atoms with Crippen LogP contribution in [0.15, 0.2) is 36.5 Å². The highest BCUT2D eigenvalue weighted by Crippen LogP contribution is 2.25. The minimum absolute atomic E-state index is 0.153. The van der Waals surface area contributed by atoms with E-state index in [1.54, 1.807) is 16.8 Å². The molecule has 0 saturated carbocycles. The molecule has 0 bridgehead atoms. The van der Waals surface area contributed by atoms with E-state index in [1.165, 1.54) is 0 Å². The zero-order valence-corrected chi connectivity index (χ0v) is 17.1. The third-order valence-corrected chi connectivity index (χ3v) is 4.31. The lowest BCUT2D eigenvalue weighted by Gasteiger charge is -2.11. The molecule has 1 amide bonds. The number of alkyl halides is 3. The molecular formula is C20H20F4N6O2. The first-order valence-electron chi connectivity index (χ1n) is 9.71. The van der Waals surface area contributed by atoms with Crippen molar-refractivity contribution in [1.29, 1.82) is 0 Å². The molecule has 0 unspecified atom stereocenters. The maximum Gasteiger partial charge on any atom is 0.573 e. The number of nitrogens with one attached hydrogen (secondary N) is 1. The zero-order chi connectivity index (χ0) is 23.1. The number of aryl methyl sites for hydroxylation is 3. The predicted molar refractivity (Wildman–Crippen MR) is 105 cm³/mol. The fourth-order valence-corrected chi connectivity index (χ4v) is 2.89. The van der Waals surface area contributed by atoms with Gasteiger partial charge in [-0.05, 0) is 56.5 Å². The molecule has 0 aliphatic carbocycles. The first-order chi connectivity index (χ1) is 15.2. The summed E-state index contributed by atoms with van der Waals surface area (Å²) >= 11 is 0. The Hall–Kier alpha value is -3.57. The molecule has 0 atom stereocenters. The quantitative estimate of drug-likeness (QED) is 0.394. The number of carbonyl (C=O) groups excluding carboxylic acids is 1. The molecule has 0 radical (unpaired) electrons. The lowest BCUT2D eigenvalue weighted by atomic mass is 10.1. The van der Waals surface area contributed by atoms with Gasteiger partial charge in [-0.3, -0.25) is 9.48 Å². The number of unbranched alkanes of at least 4 members (excludes halogenated alkanes) is 1. The number of ether oxygens (including phenoxy) is 1. The van der Waals surface area contributed by atoms with E-state index < -0.39 is 30.3 Å². The summed E-state index contributed by atoms with van der Waals surface area (Å²) in [7, 11) is 0. The summed E-state index contributed by atoms with van der Waals surface area (Å²) in [5.74, 6) is -1.93. The largest absolute Gasteiger partial charge is 0.573 e. The minimum Gasteiger partial charge on any atom is -0.406 e. The van der Waals surface area contributed by atoms with Crippen molar-refractivity contribution < 1.29 is 27.1 Å². The Labute approximate surface area is 180 Å². The summed E-state index contributed by atoms with van der Waals surface area (Å²) in [4.78, 5) is 12.1. The molecular weight excluding hydrogens is 432 g/mol. The van der Waals surface area contributed by atoms with Crippen molar-refractivity contribution in [2.24, 2.45) is 0 Å². The summed E-state index contributed by atoms with van der Waals surface area (Å²) in [6.45, 7) is 2.61. The number of aromatic nitrogens is 5. The summed E-state index contributed by atoms with van der Waals surface area (Å²) in [6.07, 6.45) is -1.12. The highest BCUT2D eigenvalue weighted by molar-refractivity contribution is 5.91. The number of benzene rings is 1. The van der Waals surface area contributed by atoms with Crippen LogP contribution in [0.1, 0.15) is 29.8 Å². The maximum absolute atomic E-state index is 13.9. The van der Waals surface area contributed by atoms with Crippen molar-refractivity contribution in [3.05, 3.63) is 59.3 Å². The van der Waals surface area contributed by atoms with Crippen molar-refractivity contribution in [3.8, 4) is 5.75 Å². The van der Waals surface area contributed by atoms with Crippen LogP contribution in [-0.4, -0.2) is 37.5 Å². The van der Waals surface area contributed by atoms with Gasteiger partial charge in [0.1, 0.15) is 11.6 Å². The first-order valence-corrected chi connectivity index (χ1v) is 9.71. The number of anilines is 1. The molecule has 0 fully saturated rings. The standard InChI is InChI=1S/C20H20F4N6O2/c1-13-12-30(29-26-13)9-3-2-4-15-5-8-18(28-27-15)25-19(31)11-14-10-16(6-7-17(14)21)32-20(22,23)24/h5-8,10,12H,2-4,9,11H2,1H3,(H,25,28,31). The van der Waals surface area contributed by atoms with Crippen molar-refractivity contribution >= 4 is 11.7 Å². The number of halogens is 4. The number of nitrogens with zero attached hydrogens (tertiary/aromatic N) is 5. The molecule has 1 aromatic carbocycles. The Kier molecular flexibility index (Phi) is 7.33.